The molecule has 1 aliphatic heterocycles. The van der Waals surface area contributed by atoms with Crippen molar-refractivity contribution in [1.29, 1.82) is 0 Å². The molecule has 2 heterocycles. The first kappa shape index (κ1) is 24.1. The van der Waals surface area contributed by atoms with Crippen LogP contribution in [0, 0.1) is 23.6 Å². The average Bonchev–Trinajstić information content (AvgIpc) is 3.40. The molecule has 2 aromatic rings. The van der Waals surface area contributed by atoms with Crippen molar-refractivity contribution in [3.8, 4) is 5.75 Å². The number of rotatable bonds is 10. The lowest BCUT2D eigenvalue weighted by Gasteiger charge is -2.30. The second-order valence-corrected chi connectivity index (χ2v) is 10.8. The number of ether oxygens (including phenoxy) is 1. The minimum Gasteiger partial charge on any atom is -0.493 e. The summed E-state index contributed by atoms with van der Waals surface area (Å²) in [7, 11) is 0. The predicted octanol–water partition coefficient (Wildman–Crippen LogP) is 4.86. The van der Waals surface area contributed by atoms with Crippen LogP contribution in [0.5, 0.6) is 5.75 Å². The molecule has 35 heavy (non-hydrogen) atoms. The number of carbonyl (C=O) groups excluding carboxylic acids is 1. The number of carbonyl (C=O) groups is 1. The molecule has 8 heteroatoms. The maximum Gasteiger partial charge on any atom is 0.324 e. The van der Waals surface area contributed by atoms with Crippen LogP contribution in [-0.4, -0.2) is 41.8 Å². The third-order valence-electron chi connectivity index (χ3n) is 7.94. The van der Waals surface area contributed by atoms with Gasteiger partial charge in [0.05, 0.1) is 13.0 Å². The Morgan fingerprint density at radius 2 is 2.06 bits per heavy atom. The third-order valence-corrected chi connectivity index (χ3v) is 7.94. The fourth-order valence-electron chi connectivity index (χ4n) is 5.38. The summed E-state index contributed by atoms with van der Waals surface area (Å²) in [5, 5.41) is 7.04. The maximum absolute atomic E-state index is 14.5. The Morgan fingerprint density at radius 1 is 1.26 bits per heavy atom. The van der Waals surface area contributed by atoms with E-state index in [0.29, 0.717) is 29.9 Å². The zero-order chi connectivity index (χ0) is 24.4. The molecule has 190 valence electrons. The van der Waals surface area contributed by atoms with E-state index in [1.165, 1.54) is 12.5 Å². The number of aromatic nitrogens is 2. The first-order chi connectivity index (χ1) is 17.0. The van der Waals surface area contributed by atoms with E-state index in [-0.39, 0.29) is 30.1 Å². The molecule has 0 bridgehead atoms. The molecule has 0 unspecified atom stereocenters. The number of piperidine rings is 1. The first-order valence-corrected chi connectivity index (χ1v) is 13.3. The van der Waals surface area contributed by atoms with Crippen LogP contribution in [-0.2, 0) is 11.2 Å². The molecule has 5 rings (SSSR count). The average molecular weight is 485 g/mol. The Kier molecular flexibility index (Phi) is 7.25. The number of benzene rings is 1. The van der Waals surface area contributed by atoms with E-state index in [9.17, 15) is 9.18 Å². The van der Waals surface area contributed by atoms with Crippen molar-refractivity contribution in [2.75, 3.05) is 24.6 Å². The lowest BCUT2D eigenvalue weighted by atomic mass is 9.90. The van der Waals surface area contributed by atoms with Gasteiger partial charge in [0.2, 0.25) is 5.91 Å². The fraction of sp³-hybridized carbons (Fsp3) is 0.667. The van der Waals surface area contributed by atoms with E-state index in [1.807, 2.05) is 0 Å². The Morgan fingerprint density at radius 3 is 2.71 bits per heavy atom. The third kappa shape index (κ3) is 5.96. The van der Waals surface area contributed by atoms with Crippen LogP contribution in [0.1, 0.15) is 76.1 Å². The molecule has 3 aliphatic rings. The summed E-state index contributed by atoms with van der Waals surface area (Å²) in [6.45, 7) is 6.67. The molecule has 0 spiro atoms. The van der Waals surface area contributed by atoms with Crippen molar-refractivity contribution in [3.63, 3.8) is 0 Å². The van der Waals surface area contributed by atoms with Crippen molar-refractivity contribution in [1.82, 2.24) is 15.5 Å². The van der Waals surface area contributed by atoms with E-state index in [4.69, 9.17) is 9.26 Å². The molecule has 2 aliphatic carbocycles. The van der Waals surface area contributed by atoms with Gasteiger partial charge in [-0.2, -0.15) is 4.98 Å². The SMILES string of the molecule is CC(C)c1noc(N2CCC([C@H]3C[C@H]3CCOc3ccc(CC(=O)NC4CCC4)c(F)c3)CC2)n1. The van der Waals surface area contributed by atoms with Gasteiger partial charge in [-0.15, -0.1) is 0 Å². The number of hydrogen-bond acceptors (Lipinski definition) is 6. The monoisotopic (exact) mass is 484 g/mol. The number of hydrogen-bond donors (Lipinski definition) is 1. The Labute approximate surface area is 206 Å². The van der Waals surface area contributed by atoms with Crippen LogP contribution in [0.3, 0.4) is 0 Å². The summed E-state index contributed by atoms with van der Waals surface area (Å²) in [5.74, 6) is 3.31. The van der Waals surface area contributed by atoms with E-state index in [1.54, 1.807) is 12.1 Å². The fourth-order valence-corrected chi connectivity index (χ4v) is 5.38. The van der Waals surface area contributed by atoms with Crippen molar-refractivity contribution < 1.29 is 18.4 Å². The molecule has 1 saturated heterocycles. The Hall–Kier alpha value is -2.64. The molecule has 1 aromatic carbocycles. The number of anilines is 1. The number of amides is 1. The maximum atomic E-state index is 14.5. The van der Waals surface area contributed by atoms with Crippen molar-refractivity contribution in [2.45, 2.75) is 77.2 Å². The Bertz CT molecular complexity index is 1010. The van der Waals surface area contributed by atoms with Gasteiger partial charge in [0, 0.05) is 31.1 Å². The standard InChI is InChI=1S/C27H37FN4O3/c1-17(2)26-30-27(35-31-26)32-11-8-18(9-12-32)23-14-19(23)10-13-34-22-7-6-20(24(28)16-22)15-25(33)29-21-4-3-5-21/h6-7,16-19,21,23H,3-5,8-15H2,1-2H3,(H,29,33)/t19-,23-/m1/s1. The van der Waals surface area contributed by atoms with Gasteiger partial charge in [0.25, 0.3) is 0 Å². The zero-order valence-corrected chi connectivity index (χ0v) is 20.8. The second kappa shape index (κ2) is 10.5. The number of halogens is 1. The van der Waals surface area contributed by atoms with Crippen molar-refractivity contribution >= 4 is 11.9 Å². The van der Waals surface area contributed by atoms with Gasteiger partial charge < -0.3 is 19.5 Å². The van der Waals surface area contributed by atoms with E-state index >= 15 is 0 Å². The van der Waals surface area contributed by atoms with Gasteiger partial charge in [-0.05, 0) is 74.3 Å². The first-order valence-electron chi connectivity index (χ1n) is 13.3. The van der Waals surface area contributed by atoms with Crippen LogP contribution >= 0.6 is 0 Å². The summed E-state index contributed by atoms with van der Waals surface area (Å²) < 4.78 is 25.8. The van der Waals surface area contributed by atoms with Gasteiger partial charge in [-0.1, -0.05) is 25.1 Å². The normalized spacial score (nSPS) is 22.8. The van der Waals surface area contributed by atoms with Crippen LogP contribution in [0.2, 0.25) is 0 Å². The summed E-state index contributed by atoms with van der Waals surface area (Å²) >= 11 is 0. The molecule has 1 aromatic heterocycles. The van der Waals surface area contributed by atoms with Crippen LogP contribution in [0.25, 0.3) is 0 Å². The molecule has 3 fully saturated rings. The molecule has 1 amide bonds. The van der Waals surface area contributed by atoms with Gasteiger partial charge in [-0.3, -0.25) is 4.79 Å². The lowest BCUT2D eigenvalue weighted by molar-refractivity contribution is -0.121. The highest BCUT2D eigenvalue weighted by Gasteiger charge is 2.43. The largest absolute Gasteiger partial charge is 0.493 e. The minimum absolute atomic E-state index is 0.0799. The van der Waals surface area contributed by atoms with Crippen molar-refractivity contribution in [3.05, 3.63) is 35.4 Å². The zero-order valence-electron chi connectivity index (χ0n) is 20.8. The lowest BCUT2D eigenvalue weighted by Crippen LogP contribution is -2.40. The highest BCUT2D eigenvalue weighted by atomic mass is 19.1. The predicted molar refractivity (Wildman–Crippen MR) is 131 cm³/mol. The Balaban J connectivity index is 1.01. The molecule has 2 atom stereocenters. The van der Waals surface area contributed by atoms with Gasteiger partial charge in [0.1, 0.15) is 11.6 Å². The number of nitrogens with one attached hydrogen (secondary N) is 1. The quantitative estimate of drug-likeness (QED) is 0.519. The molecular weight excluding hydrogens is 447 g/mol. The topological polar surface area (TPSA) is 80.5 Å². The molecule has 1 N–H and O–H groups in total. The van der Waals surface area contributed by atoms with E-state index in [0.717, 1.165) is 69.3 Å². The highest BCUT2D eigenvalue weighted by Crippen LogP contribution is 2.50. The second-order valence-electron chi connectivity index (χ2n) is 10.8. The smallest absolute Gasteiger partial charge is 0.324 e. The van der Waals surface area contributed by atoms with Gasteiger partial charge in [0.15, 0.2) is 5.82 Å². The molecule has 0 radical (unpaired) electrons. The molecule has 7 nitrogen and oxygen atoms in total. The molecular formula is C27H37FN4O3. The minimum atomic E-state index is -0.371. The van der Waals surface area contributed by atoms with Crippen LogP contribution in [0.15, 0.2) is 22.7 Å². The van der Waals surface area contributed by atoms with Gasteiger partial charge >= 0.3 is 6.01 Å². The van der Waals surface area contributed by atoms with E-state index < -0.39 is 0 Å². The summed E-state index contributed by atoms with van der Waals surface area (Å²) in [5.41, 5.74) is 0.420. The van der Waals surface area contributed by atoms with E-state index in [2.05, 4.69) is 34.2 Å². The van der Waals surface area contributed by atoms with Crippen LogP contribution < -0.4 is 15.0 Å². The highest BCUT2D eigenvalue weighted by molar-refractivity contribution is 5.79. The van der Waals surface area contributed by atoms with Crippen LogP contribution in [0.4, 0.5) is 10.4 Å². The summed E-state index contributed by atoms with van der Waals surface area (Å²) in [6, 6.07) is 5.79. The summed E-state index contributed by atoms with van der Waals surface area (Å²) in [6.07, 6.45) is 7.87. The summed E-state index contributed by atoms with van der Waals surface area (Å²) in [4.78, 5) is 18.8. The van der Waals surface area contributed by atoms with Crippen molar-refractivity contribution in [2.24, 2.45) is 17.8 Å². The molecule has 2 saturated carbocycles. The van der Waals surface area contributed by atoms with Gasteiger partial charge in [-0.25, -0.2) is 4.39 Å². The number of nitrogens with zero attached hydrogens (tertiary/aromatic N) is 3.